The maximum absolute atomic E-state index is 12.1. The van der Waals surface area contributed by atoms with Crippen LogP contribution in [0.2, 0.25) is 0 Å². The van der Waals surface area contributed by atoms with Gasteiger partial charge >= 0.3 is 0 Å². The molecule has 24 heavy (non-hydrogen) atoms. The zero-order valence-electron chi connectivity index (χ0n) is 14.3. The monoisotopic (exact) mass is 346 g/mol. The van der Waals surface area contributed by atoms with Crippen LogP contribution in [0, 0.1) is 0 Å². The average molecular weight is 346 g/mol. The van der Waals surface area contributed by atoms with Crippen LogP contribution in [0.1, 0.15) is 55.4 Å². The second kappa shape index (κ2) is 7.53. The van der Waals surface area contributed by atoms with Crippen LogP contribution in [0.3, 0.4) is 0 Å². The molecular weight excluding hydrogens is 324 g/mol. The molecule has 2 amide bonds. The fourth-order valence-corrected chi connectivity index (χ4v) is 2.66. The first kappa shape index (κ1) is 18.1. The Morgan fingerprint density at radius 1 is 1.21 bits per heavy atom. The third-order valence-corrected chi connectivity index (χ3v) is 4.14. The molecule has 2 aromatic rings. The van der Waals surface area contributed by atoms with E-state index in [1.807, 2.05) is 19.1 Å². The van der Waals surface area contributed by atoms with Gasteiger partial charge in [0.2, 0.25) is 5.91 Å². The lowest BCUT2D eigenvalue weighted by atomic mass is 9.87. The van der Waals surface area contributed by atoms with E-state index in [4.69, 9.17) is 0 Å². The number of aromatic nitrogens is 2. The minimum Gasteiger partial charge on any atom is -0.346 e. The SMILES string of the molecule is C[C@@H](NC(=O)CNC(=O)c1ccc(C(C)(C)C)cc1)c1csnn1. The third kappa shape index (κ3) is 4.86. The standard InChI is InChI=1S/C17H22N4O2S/c1-11(14-10-24-21-20-14)19-15(22)9-18-16(23)12-5-7-13(8-6-12)17(2,3)4/h5-8,10-11H,9H2,1-4H3,(H,18,23)(H,19,22)/t11-/m1/s1. The molecule has 0 saturated carbocycles. The van der Waals surface area contributed by atoms with E-state index < -0.39 is 0 Å². The van der Waals surface area contributed by atoms with Crippen molar-refractivity contribution in [2.45, 2.75) is 39.2 Å². The van der Waals surface area contributed by atoms with E-state index in [-0.39, 0.29) is 29.8 Å². The van der Waals surface area contributed by atoms with Crippen molar-refractivity contribution in [3.05, 3.63) is 46.5 Å². The van der Waals surface area contributed by atoms with Crippen LogP contribution in [-0.4, -0.2) is 27.9 Å². The molecule has 2 N–H and O–H groups in total. The summed E-state index contributed by atoms with van der Waals surface area (Å²) in [7, 11) is 0. The first-order valence-electron chi connectivity index (χ1n) is 7.72. The molecule has 0 unspecified atom stereocenters. The molecule has 128 valence electrons. The summed E-state index contributed by atoms with van der Waals surface area (Å²) in [6.45, 7) is 8.09. The van der Waals surface area contributed by atoms with Crippen molar-refractivity contribution in [2.75, 3.05) is 6.54 Å². The molecule has 0 saturated heterocycles. The highest BCUT2D eigenvalue weighted by atomic mass is 32.1. The topological polar surface area (TPSA) is 84.0 Å². The summed E-state index contributed by atoms with van der Waals surface area (Å²) in [5, 5.41) is 11.1. The van der Waals surface area contributed by atoms with Gasteiger partial charge in [0.25, 0.3) is 5.91 Å². The summed E-state index contributed by atoms with van der Waals surface area (Å²) in [4.78, 5) is 24.0. The number of nitrogens with zero attached hydrogens (tertiary/aromatic N) is 2. The second-order valence-corrected chi connectivity index (χ2v) is 7.24. The molecule has 0 fully saturated rings. The van der Waals surface area contributed by atoms with Crippen LogP contribution in [0.25, 0.3) is 0 Å². The number of carbonyl (C=O) groups excluding carboxylic acids is 2. The van der Waals surface area contributed by atoms with Gasteiger partial charge in [-0.15, -0.1) is 5.10 Å². The Balaban J connectivity index is 1.85. The van der Waals surface area contributed by atoms with E-state index >= 15 is 0 Å². The lowest BCUT2D eigenvalue weighted by Gasteiger charge is -2.19. The molecule has 0 aliphatic carbocycles. The highest BCUT2D eigenvalue weighted by Gasteiger charge is 2.15. The summed E-state index contributed by atoms with van der Waals surface area (Å²) >= 11 is 1.23. The van der Waals surface area contributed by atoms with Crippen molar-refractivity contribution < 1.29 is 9.59 Å². The molecule has 0 radical (unpaired) electrons. The summed E-state index contributed by atoms with van der Waals surface area (Å²) < 4.78 is 3.76. The molecule has 7 heteroatoms. The molecule has 1 heterocycles. The minimum atomic E-state index is -0.270. The second-order valence-electron chi connectivity index (χ2n) is 6.63. The van der Waals surface area contributed by atoms with E-state index in [9.17, 15) is 9.59 Å². The zero-order chi connectivity index (χ0) is 17.7. The van der Waals surface area contributed by atoms with Crippen molar-refractivity contribution in [2.24, 2.45) is 0 Å². The first-order valence-corrected chi connectivity index (χ1v) is 8.56. The Morgan fingerprint density at radius 2 is 1.88 bits per heavy atom. The summed E-state index contributed by atoms with van der Waals surface area (Å²) in [5.74, 6) is -0.538. The molecule has 6 nitrogen and oxygen atoms in total. The Morgan fingerprint density at radius 3 is 2.42 bits per heavy atom. The molecule has 1 atom stereocenters. The van der Waals surface area contributed by atoms with Gasteiger partial charge in [-0.2, -0.15) is 0 Å². The van der Waals surface area contributed by atoms with E-state index in [1.54, 1.807) is 17.5 Å². The molecule has 0 bridgehead atoms. The fraction of sp³-hybridized carbons (Fsp3) is 0.412. The zero-order valence-corrected chi connectivity index (χ0v) is 15.1. The molecule has 0 spiro atoms. The number of hydrogen-bond acceptors (Lipinski definition) is 5. The van der Waals surface area contributed by atoms with Gasteiger partial charge in [-0.1, -0.05) is 37.4 Å². The molecule has 1 aromatic heterocycles. The quantitative estimate of drug-likeness (QED) is 0.871. The smallest absolute Gasteiger partial charge is 0.251 e. The van der Waals surface area contributed by atoms with Crippen molar-refractivity contribution in [3.8, 4) is 0 Å². The van der Waals surface area contributed by atoms with Crippen LogP contribution in [0.4, 0.5) is 0 Å². The molecule has 1 aromatic carbocycles. The number of amides is 2. The number of benzene rings is 1. The van der Waals surface area contributed by atoms with Gasteiger partial charge < -0.3 is 10.6 Å². The van der Waals surface area contributed by atoms with Crippen molar-refractivity contribution in [3.63, 3.8) is 0 Å². The third-order valence-electron chi connectivity index (χ3n) is 3.62. The number of carbonyl (C=O) groups is 2. The van der Waals surface area contributed by atoms with Gasteiger partial charge in [-0.25, -0.2) is 0 Å². The lowest BCUT2D eigenvalue weighted by molar-refractivity contribution is -0.120. The van der Waals surface area contributed by atoms with Gasteiger partial charge in [0.15, 0.2) is 0 Å². The van der Waals surface area contributed by atoms with Crippen molar-refractivity contribution in [1.82, 2.24) is 20.2 Å². The first-order chi connectivity index (χ1) is 11.3. The highest BCUT2D eigenvalue weighted by molar-refractivity contribution is 7.03. The van der Waals surface area contributed by atoms with E-state index in [0.717, 1.165) is 5.56 Å². The Labute approximate surface area is 145 Å². The minimum absolute atomic E-state index is 0.0373. The van der Waals surface area contributed by atoms with E-state index in [1.165, 1.54) is 11.5 Å². The predicted octanol–water partition coefficient (Wildman–Crippen LogP) is 2.44. The largest absolute Gasteiger partial charge is 0.346 e. The lowest BCUT2D eigenvalue weighted by Crippen LogP contribution is -2.38. The van der Waals surface area contributed by atoms with Gasteiger partial charge in [0, 0.05) is 10.9 Å². The van der Waals surface area contributed by atoms with Crippen molar-refractivity contribution in [1.29, 1.82) is 0 Å². The van der Waals surface area contributed by atoms with Crippen LogP contribution >= 0.6 is 11.5 Å². The van der Waals surface area contributed by atoms with Crippen LogP contribution in [0.5, 0.6) is 0 Å². The summed E-state index contributed by atoms with van der Waals surface area (Å²) in [6, 6.07) is 7.19. The van der Waals surface area contributed by atoms with Crippen LogP contribution in [-0.2, 0) is 10.2 Å². The number of hydrogen-bond donors (Lipinski definition) is 2. The number of nitrogens with one attached hydrogen (secondary N) is 2. The number of rotatable bonds is 5. The van der Waals surface area contributed by atoms with Crippen molar-refractivity contribution >= 4 is 23.3 Å². The normalized spacial score (nSPS) is 12.5. The molecule has 0 aliphatic heterocycles. The van der Waals surface area contributed by atoms with E-state index in [0.29, 0.717) is 11.3 Å². The summed E-state index contributed by atoms with van der Waals surface area (Å²) in [6.07, 6.45) is 0. The Bertz CT molecular complexity index is 690. The highest BCUT2D eigenvalue weighted by Crippen LogP contribution is 2.22. The molecular formula is C17H22N4O2S. The van der Waals surface area contributed by atoms with Crippen LogP contribution in [0.15, 0.2) is 29.6 Å². The Kier molecular flexibility index (Phi) is 5.66. The van der Waals surface area contributed by atoms with Gasteiger partial charge in [0.1, 0.15) is 0 Å². The van der Waals surface area contributed by atoms with Crippen LogP contribution < -0.4 is 10.6 Å². The van der Waals surface area contributed by atoms with E-state index in [2.05, 4.69) is 41.0 Å². The molecule has 2 rings (SSSR count). The Hall–Kier alpha value is -2.28. The maximum Gasteiger partial charge on any atom is 0.251 e. The summed E-state index contributed by atoms with van der Waals surface area (Å²) in [5.41, 5.74) is 2.43. The molecule has 0 aliphatic rings. The van der Waals surface area contributed by atoms with Gasteiger partial charge in [-0.3, -0.25) is 9.59 Å². The predicted molar refractivity (Wildman–Crippen MR) is 93.9 cm³/mol. The maximum atomic E-state index is 12.1. The van der Waals surface area contributed by atoms with Gasteiger partial charge in [-0.05, 0) is 41.6 Å². The fourth-order valence-electron chi connectivity index (χ4n) is 2.11. The van der Waals surface area contributed by atoms with Gasteiger partial charge in [0.05, 0.1) is 18.3 Å². The average Bonchev–Trinajstić information content (AvgIpc) is 3.06.